The lowest BCUT2D eigenvalue weighted by molar-refractivity contribution is -0.141. The van der Waals surface area contributed by atoms with Crippen molar-refractivity contribution in [2.24, 2.45) is 5.92 Å². The number of nitrogens with one attached hydrogen (secondary N) is 1. The Morgan fingerprint density at radius 1 is 1.62 bits per heavy atom. The van der Waals surface area contributed by atoms with Crippen molar-refractivity contribution in [2.45, 2.75) is 13.0 Å². The first-order valence-corrected chi connectivity index (χ1v) is 7.16. The van der Waals surface area contributed by atoms with Gasteiger partial charge in [-0.05, 0) is 25.9 Å². The van der Waals surface area contributed by atoms with Crippen molar-refractivity contribution in [2.75, 3.05) is 38.7 Å². The van der Waals surface area contributed by atoms with Gasteiger partial charge in [0.25, 0.3) is 5.56 Å². The summed E-state index contributed by atoms with van der Waals surface area (Å²) in [6.07, 6.45) is 2.58. The lowest BCUT2D eigenvalue weighted by Crippen LogP contribution is -2.31. The molecule has 1 aliphatic heterocycles. The lowest BCUT2D eigenvalue weighted by Gasteiger charge is -2.19. The quantitative estimate of drug-likeness (QED) is 0.778. The molecule has 1 aromatic heterocycles. The van der Waals surface area contributed by atoms with Crippen molar-refractivity contribution in [3.8, 4) is 0 Å². The second-order valence-corrected chi connectivity index (χ2v) is 5.42. The second-order valence-electron chi connectivity index (χ2n) is 5.04. The fourth-order valence-electron chi connectivity index (χ4n) is 2.48. The molecule has 0 aromatic carbocycles. The van der Waals surface area contributed by atoms with Crippen LogP contribution in [0.1, 0.15) is 6.42 Å². The molecule has 0 aliphatic carbocycles. The summed E-state index contributed by atoms with van der Waals surface area (Å²) in [5.74, 6) is -0.00718. The van der Waals surface area contributed by atoms with Crippen LogP contribution in [0.15, 0.2) is 11.0 Å². The molecule has 0 saturated carbocycles. The van der Waals surface area contributed by atoms with E-state index in [1.165, 1.54) is 13.3 Å². The summed E-state index contributed by atoms with van der Waals surface area (Å²) in [4.78, 5) is 25.4. The number of methoxy groups -OCH3 is 1. The van der Waals surface area contributed by atoms with E-state index >= 15 is 0 Å². The maximum atomic E-state index is 12.1. The summed E-state index contributed by atoms with van der Waals surface area (Å²) < 4.78 is 5.53. The molecule has 2 rings (SSSR count). The Labute approximate surface area is 127 Å². The van der Waals surface area contributed by atoms with Gasteiger partial charge in [-0.25, -0.2) is 4.68 Å². The number of carbonyl (C=O) groups excluding carboxylic acids is 1. The number of ether oxygens (including phenoxy) is 1. The minimum atomic E-state index is -0.538. The van der Waals surface area contributed by atoms with Gasteiger partial charge in [-0.2, -0.15) is 5.10 Å². The molecule has 1 aliphatic rings. The van der Waals surface area contributed by atoms with Gasteiger partial charge in [-0.1, -0.05) is 11.6 Å². The number of halogens is 1. The maximum Gasteiger partial charge on any atom is 0.327 e. The van der Waals surface area contributed by atoms with Gasteiger partial charge in [0.05, 0.1) is 19.0 Å². The van der Waals surface area contributed by atoms with Crippen molar-refractivity contribution >= 4 is 23.3 Å². The van der Waals surface area contributed by atoms with Gasteiger partial charge in [0.2, 0.25) is 0 Å². The average molecular weight is 315 g/mol. The van der Waals surface area contributed by atoms with Crippen LogP contribution in [0.2, 0.25) is 5.02 Å². The SMILES string of the molecule is CNCC1CCN(c2cnn(CC(=O)OC)c(=O)c2Cl)C1. The molecule has 1 unspecified atom stereocenters. The van der Waals surface area contributed by atoms with Crippen LogP contribution in [0, 0.1) is 5.92 Å². The lowest BCUT2D eigenvalue weighted by atomic mass is 10.1. The topological polar surface area (TPSA) is 76.5 Å². The standard InChI is InChI=1S/C13H19ClN4O3/c1-15-5-9-3-4-17(7-9)10-6-16-18(8-11(19)21-2)13(20)12(10)14/h6,9,15H,3-5,7-8H2,1-2H3. The third-order valence-corrected chi connectivity index (χ3v) is 3.95. The molecule has 21 heavy (non-hydrogen) atoms. The van der Waals surface area contributed by atoms with Gasteiger partial charge in [0.15, 0.2) is 0 Å². The Bertz CT molecular complexity index is 575. The van der Waals surface area contributed by atoms with Crippen molar-refractivity contribution < 1.29 is 9.53 Å². The summed E-state index contributed by atoms with van der Waals surface area (Å²) in [6, 6.07) is 0. The van der Waals surface area contributed by atoms with Crippen molar-refractivity contribution in [1.29, 1.82) is 0 Å². The van der Waals surface area contributed by atoms with Gasteiger partial charge in [-0.3, -0.25) is 9.59 Å². The van der Waals surface area contributed by atoms with E-state index in [9.17, 15) is 9.59 Å². The van der Waals surface area contributed by atoms with Crippen molar-refractivity contribution in [3.05, 3.63) is 21.6 Å². The molecule has 116 valence electrons. The first-order valence-electron chi connectivity index (χ1n) is 6.78. The maximum absolute atomic E-state index is 12.1. The Morgan fingerprint density at radius 2 is 2.38 bits per heavy atom. The highest BCUT2D eigenvalue weighted by Crippen LogP contribution is 2.27. The summed E-state index contributed by atoms with van der Waals surface area (Å²) in [6.45, 7) is 2.37. The van der Waals surface area contributed by atoms with E-state index in [0.29, 0.717) is 11.6 Å². The number of carbonyl (C=O) groups is 1. The predicted molar refractivity (Wildman–Crippen MR) is 79.8 cm³/mol. The fourth-order valence-corrected chi connectivity index (χ4v) is 2.75. The van der Waals surface area contributed by atoms with Crippen LogP contribution < -0.4 is 15.8 Å². The van der Waals surface area contributed by atoms with Crippen LogP contribution in [-0.2, 0) is 16.1 Å². The van der Waals surface area contributed by atoms with Crippen molar-refractivity contribution in [3.63, 3.8) is 0 Å². The van der Waals surface area contributed by atoms with Crippen LogP contribution in [0.4, 0.5) is 5.69 Å². The Balaban J connectivity index is 2.18. The first kappa shape index (κ1) is 15.8. The molecular weight excluding hydrogens is 296 g/mol. The molecule has 0 radical (unpaired) electrons. The van der Waals surface area contributed by atoms with E-state index in [4.69, 9.17) is 11.6 Å². The highest BCUT2D eigenvalue weighted by molar-refractivity contribution is 6.33. The highest BCUT2D eigenvalue weighted by atomic mass is 35.5. The number of rotatable bonds is 5. The Kier molecular flexibility index (Phi) is 5.19. The molecule has 1 N–H and O–H groups in total. The highest BCUT2D eigenvalue weighted by Gasteiger charge is 2.25. The number of esters is 1. The van der Waals surface area contributed by atoms with Crippen LogP contribution in [-0.4, -0.2) is 49.5 Å². The van der Waals surface area contributed by atoms with E-state index in [1.807, 2.05) is 7.05 Å². The van der Waals surface area contributed by atoms with Crippen LogP contribution in [0.3, 0.4) is 0 Å². The van der Waals surface area contributed by atoms with E-state index < -0.39 is 11.5 Å². The number of aromatic nitrogens is 2. The zero-order valence-electron chi connectivity index (χ0n) is 12.1. The van der Waals surface area contributed by atoms with Gasteiger partial charge in [0.1, 0.15) is 11.6 Å². The molecular formula is C13H19ClN4O3. The number of hydrogen-bond donors (Lipinski definition) is 1. The molecule has 1 saturated heterocycles. The van der Waals surface area contributed by atoms with Gasteiger partial charge >= 0.3 is 5.97 Å². The summed E-state index contributed by atoms with van der Waals surface area (Å²) in [7, 11) is 3.18. The van der Waals surface area contributed by atoms with Gasteiger partial charge in [-0.15, -0.1) is 0 Å². The van der Waals surface area contributed by atoms with E-state index in [2.05, 4.69) is 20.1 Å². The minimum Gasteiger partial charge on any atom is -0.468 e. The first-order chi connectivity index (χ1) is 10.1. The molecule has 2 heterocycles. The fraction of sp³-hybridized carbons (Fsp3) is 0.615. The normalized spacial score (nSPS) is 18.0. The minimum absolute atomic E-state index is 0.0963. The Morgan fingerprint density at radius 3 is 3.05 bits per heavy atom. The van der Waals surface area contributed by atoms with Gasteiger partial charge < -0.3 is 15.0 Å². The van der Waals surface area contributed by atoms with E-state index in [-0.39, 0.29) is 11.6 Å². The van der Waals surface area contributed by atoms with Crippen LogP contribution in [0.25, 0.3) is 0 Å². The molecule has 7 nitrogen and oxygen atoms in total. The molecule has 1 aromatic rings. The van der Waals surface area contributed by atoms with Crippen molar-refractivity contribution in [1.82, 2.24) is 15.1 Å². The molecule has 1 atom stereocenters. The van der Waals surface area contributed by atoms with Crippen LogP contribution in [0.5, 0.6) is 0 Å². The summed E-state index contributed by atoms with van der Waals surface area (Å²) >= 11 is 6.15. The van der Waals surface area contributed by atoms with Crippen LogP contribution >= 0.6 is 11.6 Å². The predicted octanol–water partition coefficient (Wildman–Crippen LogP) is 0.115. The monoisotopic (exact) mass is 314 g/mol. The summed E-state index contributed by atoms with van der Waals surface area (Å²) in [5.41, 5.74) is 0.151. The zero-order valence-corrected chi connectivity index (χ0v) is 12.9. The number of anilines is 1. The Hall–Kier alpha value is -1.60. The summed E-state index contributed by atoms with van der Waals surface area (Å²) in [5, 5.41) is 7.25. The molecule has 1 fully saturated rings. The third-order valence-electron chi connectivity index (χ3n) is 3.59. The van der Waals surface area contributed by atoms with E-state index in [1.54, 1.807) is 0 Å². The largest absolute Gasteiger partial charge is 0.468 e. The van der Waals surface area contributed by atoms with E-state index in [0.717, 1.165) is 30.7 Å². The zero-order chi connectivity index (χ0) is 15.4. The molecule has 0 spiro atoms. The molecule has 8 heteroatoms. The molecule has 0 amide bonds. The average Bonchev–Trinajstić information content (AvgIpc) is 2.92. The smallest absolute Gasteiger partial charge is 0.327 e. The number of hydrogen-bond acceptors (Lipinski definition) is 6. The molecule has 0 bridgehead atoms. The third kappa shape index (κ3) is 3.54. The second kappa shape index (κ2) is 6.91. The van der Waals surface area contributed by atoms with Gasteiger partial charge in [0, 0.05) is 13.1 Å². The number of nitrogens with zero attached hydrogens (tertiary/aromatic N) is 3.